The van der Waals surface area contributed by atoms with Gasteiger partial charge in [0.05, 0.1) is 11.4 Å². The molecular weight excluding hydrogens is 319 g/mol. The highest BCUT2D eigenvalue weighted by Crippen LogP contribution is 2.33. The number of imidazole rings is 1. The van der Waals surface area contributed by atoms with Crippen LogP contribution in [0.5, 0.6) is 0 Å². The molecule has 0 aliphatic heterocycles. The van der Waals surface area contributed by atoms with Crippen molar-refractivity contribution in [2.75, 3.05) is 18.1 Å². The van der Waals surface area contributed by atoms with Gasteiger partial charge >= 0.3 is 0 Å². The average molecular weight is 334 g/mol. The number of anilines is 2. The van der Waals surface area contributed by atoms with E-state index < -0.39 is 0 Å². The number of hydrogen-bond acceptors (Lipinski definition) is 5. The first kappa shape index (κ1) is 15.1. The fraction of sp³-hybridized carbons (Fsp3) is 0.0556. The summed E-state index contributed by atoms with van der Waals surface area (Å²) in [6.07, 6.45) is 5.17. The summed E-state index contributed by atoms with van der Waals surface area (Å²) in [5.41, 5.74) is 9.48. The van der Waals surface area contributed by atoms with Crippen LogP contribution in [0.4, 0.5) is 16.0 Å². The molecule has 4 rings (SSSR count). The molecule has 0 amide bonds. The number of rotatable bonds is 3. The van der Waals surface area contributed by atoms with Crippen molar-refractivity contribution >= 4 is 17.3 Å². The summed E-state index contributed by atoms with van der Waals surface area (Å²) in [4.78, 5) is 13.0. The number of nitrogens with one attached hydrogen (secondary N) is 1. The van der Waals surface area contributed by atoms with Gasteiger partial charge < -0.3 is 11.1 Å². The molecule has 0 saturated heterocycles. The molecule has 0 fully saturated rings. The van der Waals surface area contributed by atoms with Crippen molar-refractivity contribution in [1.29, 1.82) is 0 Å². The molecule has 0 atom stereocenters. The molecule has 6 nitrogen and oxygen atoms in total. The smallest absolute Gasteiger partial charge is 0.180 e. The van der Waals surface area contributed by atoms with Crippen LogP contribution >= 0.6 is 0 Å². The molecule has 0 bridgehead atoms. The molecule has 124 valence electrons. The number of halogens is 1. The van der Waals surface area contributed by atoms with Crippen LogP contribution in [0.25, 0.3) is 28.2 Å². The number of pyridine rings is 1. The van der Waals surface area contributed by atoms with Crippen LogP contribution in [0.3, 0.4) is 0 Å². The van der Waals surface area contributed by atoms with Crippen LogP contribution in [0.1, 0.15) is 0 Å². The number of fused-ring (bicyclic) bond motifs is 1. The van der Waals surface area contributed by atoms with Crippen molar-refractivity contribution in [2.24, 2.45) is 0 Å². The lowest BCUT2D eigenvalue weighted by Crippen LogP contribution is -2.04. The van der Waals surface area contributed by atoms with E-state index in [1.807, 2.05) is 22.7 Å². The highest BCUT2D eigenvalue weighted by atomic mass is 19.1. The van der Waals surface area contributed by atoms with Gasteiger partial charge in [-0.3, -0.25) is 4.40 Å². The molecule has 7 heteroatoms. The molecule has 4 aromatic rings. The highest BCUT2D eigenvalue weighted by Gasteiger charge is 2.17. The van der Waals surface area contributed by atoms with E-state index in [1.165, 1.54) is 12.1 Å². The summed E-state index contributed by atoms with van der Waals surface area (Å²) in [7, 11) is 1.80. The van der Waals surface area contributed by atoms with Crippen molar-refractivity contribution in [3.63, 3.8) is 0 Å². The number of benzene rings is 1. The normalized spacial score (nSPS) is 11.0. The third-order valence-electron chi connectivity index (χ3n) is 3.95. The lowest BCUT2D eigenvalue weighted by molar-refractivity contribution is 0.628. The van der Waals surface area contributed by atoms with E-state index in [9.17, 15) is 4.39 Å². The molecule has 1 aromatic carbocycles. The number of hydrogen-bond donors (Lipinski definition) is 2. The topological polar surface area (TPSA) is 81.1 Å². The molecule has 0 radical (unpaired) electrons. The maximum atomic E-state index is 13.8. The van der Waals surface area contributed by atoms with E-state index in [0.29, 0.717) is 22.7 Å². The van der Waals surface area contributed by atoms with Gasteiger partial charge in [-0.25, -0.2) is 19.3 Å². The quantitative estimate of drug-likeness (QED) is 0.601. The van der Waals surface area contributed by atoms with E-state index in [4.69, 9.17) is 5.73 Å². The Bertz CT molecular complexity index is 1070. The first-order valence-electron chi connectivity index (χ1n) is 7.70. The van der Waals surface area contributed by atoms with Gasteiger partial charge in [0.2, 0.25) is 0 Å². The van der Waals surface area contributed by atoms with Gasteiger partial charge in [-0.1, -0.05) is 12.1 Å². The van der Waals surface area contributed by atoms with E-state index in [2.05, 4.69) is 20.3 Å². The van der Waals surface area contributed by atoms with Crippen LogP contribution in [0.15, 0.2) is 55.0 Å². The Kier molecular flexibility index (Phi) is 3.53. The lowest BCUT2D eigenvalue weighted by atomic mass is 10.0. The van der Waals surface area contributed by atoms with Gasteiger partial charge in [0, 0.05) is 36.8 Å². The fourth-order valence-corrected chi connectivity index (χ4v) is 2.84. The molecule has 0 aliphatic rings. The van der Waals surface area contributed by atoms with Crippen LogP contribution in [0, 0.1) is 5.82 Å². The zero-order valence-corrected chi connectivity index (χ0v) is 13.4. The minimum Gasteiger partial charge on any atom is -0.381 e. The third kappa shape index (κ3) is 2.55. The first-order valence-corrected chi connectivity index (χ1v) is 7.70. The van der Waals surface area contributed by atoms with Crippen LogP contribution in [0.2, 0.25) is 0 Å². The highest BCUT2D eigenvalue weighted by molar-refractivity contribution is 5.83. The number of nitrogens with two attached hydrogens (primary N) is 1. The van der Waals surface area contributed by atoms with E-state index in [0.717, 1.165) is 11.3 Å². The van der Waals surface area contributed by atoms with Crippen molar-refractivity contribution in [3.8, 4) is 22.5 Å². The third-order valence-corrected chi connectivity index (χ3v) is 3.95. The van der Waals surface area contributed by atoms with Crippen LogP contribution < -0.4 is 11.1 Å². The van der Waals surface area contributed by atoms with Gasteiger partial charge in [-0.05, 0) is 24.3 Å². The van der Waals surface area contributed by atoms with E-state index in [1.54, 1.807) is 31.6 Å². The van der Waals surface area contributed by atoms with E-state index in [-0.39, 0.29) is 11.6 Å². The maximum Gasteiger partial charge on any atom is 0.180 e. The fourth-order valence-electron chi connectivity index (χ4n) is 2.84. The monoisotopic (exact) mass is 334 g/mol. The van der Waals surface area contributed by atoms with Crippen LogP contribution in [-0.4, -0.2) is 26.4 Å². The molecule has 3 aromatic heterocycles. The minimum atomic E-state index is -0.333. The Morgan fingerprint density at radius 3 is 2.76 bits per heavy atom. The Morgan fingerprint density at radius 2 is 1.96 bits per heavy atom. The Labute approximate surface area is 143 Å². The molecule has 0 unspecified atom stereocenters. The van der Waals surface area contributed by atoms with Gasteiger partial charge in [0.1, 0.15) is 11.6 Å². The summed E-state index contributed by atoms with van der Waals surface area (Å²) in [6, 6.07) is 10.1. The Hall–Kier alpha value is -3.48. The lowest BCUT2D eigenvalue weighted by Gasteiger charge is -2.14. The largest absolute Gasteiger partial charge is 0.381 e. The van der Waals surface area contributed by atoms with Gasteiger partial charge in [0.15, 0.2) is 11.5 Å². The summed E-state index contributed by atoms with van der Waals surface area (Å²) < 4.78 is 15.6. The van der Waals surface area contributed by atoms with Crippen molar-refractivity contribution in [1.82, 2.24) is 19.4 Å². The number of nitrogens with zero attached hydrogens (tertiary/aromatic N) is 4. The molecule has 0 saturated carbocycles. The summed E-state index contributed by atoms with van der Waals surface area (Å²) >= 11 is 0. The zero-order valence-electron chi connectivity index (χ0n) is 13.4. The maximum absolute atomic E-state index is 13.8. The van der Waals surface area contributed by atoms with Crippen LogP contribution in [-0.2, 0) is 0 Å². The van der Waals surface area contributed by atoms with Crippen molar-refractivity contribution in [3.05, 3.63) is 60.8 Å². The standard InChI is InChI=1S/C18H15FN6/c1-21-14-10-12(5-6-22-14)16-15(11-3-2-4-13(19)9-11)24-17(20)18-23-7-8-25(16)18/h2-10H,1H3,(H2,20,24)(H,21,22). The second-order valence-corrected chi connectivity index (χ2v) is 5.51. The summed E-state index contributed by atoms with van der Waals surface area (Å²) in [5, 5.41) is 3.02. The molecule has 0 aliphatic carbocycles. The summed E-state index contributed by atoms with van der Waals surface area (Å²) in [6.45, 7) is 0. The molecular formula is C18H15FN6. The Balaban J connectivity index is 2.08. The molecule has 0 spiro atoms. The second kappa shape index (κ2) is 5.86. The molecule has 3 N–H and O–H groups in total. The zero-order chi connectivity index (χ0) is 17.4. The minimum absolute atomic E-state index is 0.288. The molecule has 3 heterocycles. The number of aromatic nitrogens is 4. The number of nitrogen functional groups attached to an aromatic ring is 1. The van der Waals surface area contributed by atoms with Crippen molar-refractivity contribution in [2.45, 2.75) is 0 Å². The van der Waals surface area contributed by atoms with Gasteiger partial charge in [-0.15, -0.1) is 0 Å². The predicted molar refractivity (Wildman–Crippen MR) is 95.6 cm³/mol. The Morgan fingerprint density at radius 1 is 1.08 bits per heavy atom. The SMILES string of the molecule is CNc1cc(-c2c(-c3cccc(F)c3)nc(N)c3nccn23)ccn1. The predicted octanol–water partition coefficient (Wildman–Crippen LogP) is 3.22. The van der Waals surface area contributed by atoms with Crippen molar-refractivity contribution < 1.29 is 4.39 Å². The summed E-state index contributed by atoms with van der Waals surface area (Å²) in [5.74, 6) is 0.670. The van der Waals surface area contributed by atoms with E-state index >= 15 is 0 Å². The molecule has 25 heavy (non-hydrogen) atoms. The van der Waals surface area contributed by atoms with Gasteiger partial charge in [0.25, 0.3) is 0 Å². The van der Waals surface area contributed by atoms with Gasteiger partial charge in [-0.2, -0.15) is 0 Å². The first-order chi connectivity index (χ1) is 12.2. The second-order valence-electron chi connectivity index (χ2n) is 5.51. The average Bonchev–Trinajstić information content (AvgIpc) is 3.12.